The van der Waals surface area contributed by atoms with Gasteiger partial charge >= 0.3 is 18.5 Å². The second-order valence-electron chi connectivity index (χ2n) is 4.79. The van der Waals surface area contributed by atoms with Crippen LogP contribution < -0.4 is 9.47 Å². The molecule has 0 bridgehead atoms. The van der Waals surface area contributed by atoms with Gasteiger partial charge in [0.05, 0.1) is 18.2 Å². The molecule has 26 heavy (non-hydrogen) atoms. The maximum absolute atomic E-state index is 13.1. The molecule has 0 fully saturated rings. The van der Waals surface area contributed by atoms with Gasteiger partial charge in [-0.2, -0.15) is 13.2 Å². The van der Waals surface area contributed by atoms with E-state index in [1.54, 1.807) is 0 Å². The van der Waals surface area contributed by atoms with Gasteiger partial charge in [0.15, 0.2) is 11.5 Å². The summed E-state index contributed by atoms with van der Waals surface area (Å²) in [7, 11) is 0.914. The molecule has 0 aromatic heterocycles. The van der Waals surface area contributed by atoms with Crippen LogP contribution >= 0.6 is 0 Å². The minimum absolute atomic E-state index is 0.441. The average Bonchev–Trinajstić information content (AvgIpc) is 2.54. The predicted octanol–water partition coefficient (Wildman–Crippen LogP) is 5.18. The van der Waals surface area contributed by atoms with Gasteiger partial charge < -0.3 is 14.2 Å². The first kappa shape index (κ1) is 19.4. The molecule has 0 spiro atoms. The van der Waals surface area contributed by atoms with Gasteiger partial charge in [0.25, 0.3) is 0 Å². The van der Waals surface area contributed by atoms with Crippen molar-refractivity contribution in [2.75, 3.05) is 7.11 Å². The molecule has 0 saturated heterocycles. The summed E-state index contributed by atoms with van der Waals surface area (Å²) in [4.78, 5) is 11.5. The van der Waals surface area contributed by atoms with Gasteiger partial charge in [-0.15, -0.1) is 13.2 Å². The van der Waals surface area contributed by atoms with Gasteiger partial charge in [0.2, 0.25) is 0 Å². The predicted molar refractivity (Wildman–Crippen MR) is 76.0 cm³/mol. The number of carbonyl (C=O) groups is 1. The molecule has 0 aliphatic rings. The van der Waals surface area contributed by atoms with Crippen LogP contribution in [0.1, 0.15) is 15.9 Å². The van der Waals surface area contributed by atoms with Crippen molar-refractivity contribution in [2.45, 2.75) is 12.5 Å². The second-order valence-corrected chi connectivity index (χ2v) is 4.79. The van der Waals surface area contributed by atoms with E-state index in [-0.39, 0.29) is 0 Å². The van der Waals surface area contributed by atoms with Crippen molar-refractivity contribution in [3.8, 4) is 17.2 Å². The van der Waals surface area contributed by atoms with Gasteiger partial charge in [0, 0.05) is 0 Å². The van der Waals surface area contributed by atoms with Crippen molar-refractivity contribution in [3.63, 3.8) is 0 Å². The van der Waals surface area contributed by atoms with Gasteiger partial charge in [-0.25, -0.2) is 4.79 Å². The highest BCUT2D eigenvalue weighted by Crippen LogP contribution is 2.38. The Morgan fingerprint density at radius 3 is 2.08 bits per heavy atom. The number of hydrogen-bond acceptors (Lipinski definition) is 4. The number of carbonyl (C=O) groups excluding carboxylic acids is 1. The Kier molecular flexibility index (Phi) is 5.33. The number of hydrogen-bond donors (Lipinski definition) is 0. The number of halogens is 6. The van der Waals surface area contributed by atoms with E-state index in [1.807, 2.05) is 0 Å². The smallest absolute Gasteiger partial charge is 0.465 e. The summed E-state index contributed by atoms with van der Waals surface area (Å²) in [5, 5.41) is 0. The van der Waals surface area contributed by atoms with Crippen molar-refractivity contribution in [1.29, 1.82) is 0 Å². The zero-order chi connectivity index (χ0) is 19.5. The standard InChI is InChI=1S/C16H10F6O4/c1-24-14(23)10-7-6-9(8-11(10)15(17,18)19)25-12-4-2-3-5-13(12)26-16(20,21)22/h2-8H,1H3. The Labute approximate surface area is 142 Å². The monoisotopic (exact) mass is 380 g/mol. The van der Waals surface area contributed by atoms with Gasteiger partial charge in [-0.05, 0) is 30.3 Å². The average molecular weight is 380 g/mol. The van der Waals surface area contributed by atoms with E-state index < -0.39 is 46.9 Å². The molecule has 0 atom stereocenters. The van der Waals surface area contributed by atoms with E-state index >= 15 is 0 Å². The summed E-state index contributed by atoms with van der Waals surface area (Å²) in [6.45, 7) is 0. The number of benzene rings is 2. The fraction of sp³-hybridized carbons (Fsp3) is 0.188. The molecule has 0 amide bonds. The summed E-state index contributed by atoms with van der Waals surface area (Å²) in [6.07, 6.45) is -9.92. The summed E-state index contributed by atoms with van der Waals surface area (Å²) < 4.78 is 89.7. The van der Waals surface area contributed by atoms with E-state index in [0.29, 0.717) is 6.07 Å². The lowest BCUT2D eigenvalue weighted by atomic mass is 10.1. The molecule has 2 rings (SSSR count). The van der Waals surface area contributed by atoms with Crippen LogP contribution in [0.2, 0.25) is 0 Å². The van der Waals surface area contributed by atoms with Crippen molar-refractivity contribution < 1.29 is 45.3 Å². The lowest BCUT2D eigenvalue weighted by Gasteiger charge is -2.16. The Hall–Kier alpha value is -2.91. The highest BCUT2D eigenvalue weighted by Gasteiger charge is 2.36. The molecule has 0 N–H and O–H groups in total. The van der Waals surface area contributed by atoms with Gasteiger partial charge in [-0.1, -0.05) is 12.1 Å². The normalized spacial score (nSPS) is 11.8. The van der Waals surface area contributed by atoms with Crippen LogP contribution in [0, 0.1) is 0 Å². The molecule has 4 nitrogen and oxygen atoms in total. The van der Waals surface area contributed by atoms with E-state index in [9.17, 15) is 31.1 Å². The maximum Gasteiger partial charge on any atom is 0.573 e. The van der Waals surface area contributed by atoms with Crippen LogP contribution in [0.3, 0.4) is 0 Å². The number of alkyl halides is 6. The fourth-order valence-corrected chi connectivity index (χ4v) is 1.98. The number of para-hydroxylation sites is 2. The highest BCUT2D eigenvalue weighted by atomic mass is 19.4. The first-order valence-corrected chi connectivity index (χ1v) is 6.83. The van der Waals surface area contributed by atoms with Crippen LogP contribution in [0.4, 0.5) is 26.3 Å². The van der Waals surface area contributed by atoms with Crippen LogP contribution in [-0.4, -0.2) is 19.4 Å². The topological polar surface area (TPSA) is 44.8 Å². The molecule has 0 saturated carbocycles. The zero-order valence-electron chi connectivity index (χ0n) is 12.9. The molecule has 2 aromatic carbocycles. The summed E-state index contributed by atoms with van der Waals surface area (Å²) in [5.41, 5.74) is -2.11. The van der Waals surface area contributed by atoms with E-state index in [0.717, 1.165) is 31.4 Å². The molecule has 0 aliphatic heterocycles. The van der Waals surface area contributed by atoms with Crippen molar-refractivity contribution in [2.24, 2.45) is 0 Å². The third-order valence-corrected chi connectivity index (χ3v) is 3.00. The Bertz CT molecular complexity index is 798. The second kappa shape index (κ2) is 7.14. The number of esters is 1. The molecular formula is C16H10F6O4. The molecule has 0 unspecified atom stereocenters. The van der Waals surface area contributed by atoms with Crippen molar-refractivity contribution in [3.05, 3.63) is 53.6 Å². The third kappa shape index (κ3) is 4.80. The zero-order valence-corrected chi connectivity index (χ0v) is 12.9. The minimum atomic E-state index is -5.01. The van der Waals surface area contributed by atoms with Crippen molar-refractivity contribution >= 4 is 5.97 Å². The summed E-state index contributed by atoms with van der Waals surface area (Å²) in [5.74, 6) is -2.85. The van der Waals surface area contributed by atoms with Crippen LogP contribution in [0.5, 0.6) is 17.2 Å². The van der Waals surface area contributed by atoms with Crippen LogP contribution in [-0.2, 0) is 10.9 Å². The summed E-state index contributed by atoms with van der Waals surface area (Å²) >= 11 is 0. The fourth-order valence-electron chi connectivity index (χ4n) is 1.98. The number of ether oxygens (including phenoxy) is 3. The molecular weight excluding hydrogens is 370 g/mol. The molecule has 10 heteroatoms. The third-order valence-electron chi connectivity index (χ3n) is 3.00. The van der Waals surface area contributed by atoms with Gasteiger partial charge in [-0.3, -0.25) is 0 Å². The molecule has 2 aromatic rings. The van der Waals surface area contributed by atoms with Crippen molar-refractivity contribution in [1.82, 2.24) is 0 Å². The van der Waals surface area contributed by atoms with E-state index in [4.69, 9.17) is 4.74 Å². The molecule has 0 radical (unpaired) electrons. The quantitative estimate of drug-likeness (QED) is 0.541. The van der Waals surface area contributed by atoms with E-state index in [2.05, 4.69) is 9.47 Å². The first-order valence-electron chi connectivity index (χ1n) is 6.83. The summed E-state index contributed by atoms with van der Waals surface area (Å²) in [6, 6.07) is 6.85. The SMILES string of the molecule is COC(=O)c1ccc(Oc2ccccc2OC(F)(F)F)cc1C(F)(F)F. The Balaban J connectivity index is 2.41. The molecule has 0 aliphatic carbocycles. The highest BCUT2D eigenvalue weighted by molar-refractivity contribution is 5.91. The Morgan fingerprint density at radius 1 is 0.923 bits per heavy atom. The molecule has 0 heterocycles. The van der Waals surface area contributed by atoms with E-state index in [1.165, 1.54) is 12.1 Å². The lowest BCUT2D eigenvalue weighted by Crippen LogP contribution is -2.17. The number of methoxy groups -OCH3 is 1. The minimum Gasteiger partial charge on any atom is -0.465 e. The van der Waals surface area contributed by atoms with Crippen LogP contribution in [0.15, 0.2) is 42.5 Å². The first-order chi connectivity index (χ1) is 12.0. The van der Waals surface area contributed by atoms with Crippen LogP contribution in [0.25, 0.3) is 0 Å². The van der Waals surface area contributed by atoms with Gasteiger partial charge in [0.1, 0.15) is 5.75 Å². The largest absolute Gasteiger partial charge is 0.573 e. The Morgan fingerprint density at radius 2 is 1.54 bits per heavy atom. The molecule has 140 valence electrons. The maximum atomic E-state index is 13.1. The lowest BCUT2D eigenvalue weighted by molar-refractivity contribution is -0.275. The number of rotatable bonds is 4.